The van der Waals surface area contributed by atoms with Crippen LogP contribution in [0.15, 0.2) is 21.9 Å². The first-order valence-electron chi connectivity index (χ1n) is 7.73. The van der Waals surface area contributed by atoms with Crippen molar-refractivity contribution in [1.82, 2.24) is 9.55 Å². The van der Waals surface area contributed by atoms with Crippen molar-refractivity contribution < 1.29 is 32.5 Å². The van der Waals surface area contributed by atoms with Gasteiger partial charge in [0, 0.05) is 33.1 Å². The highest BCUT2D eigenvalue weighted by Crippen LogP contribution is 2.49. The summed E-state index contributed by atoms with van der Waals surface area (Å²) in [5.41, 5.74) is -1.29. The van der Waals surface area contributed by atoms with Crippen LogP contribution < -0.4 is 11.2 Å². The van der Waals surface area contributed by atoms with Gasteiger partial charge in [-0.1, -0.05) is 0 Å². The van der Waals surface area contributed by atoms with E-state index in [-0.39, 0.29) is 6.61 Å². The third-order valence-corrected chi connectivity index (χ3v) is 6.17. The van der Waals surface area contributed by atoms with E-state index in [1.54, 1.807) is 0 Å². The molecule has 0 spiro atoms. The van der Waals surface area contributed by atoms with Gasteiger partial charge in [0.1, 0.15) is 25.6 Å². The lowest BCUT2D eigenvalue weighted by atomic mass is 10.1. The fraction of sp³-hybridized carbons (Fsp3) is 0.667. The second-order valence-corrected chi connectivity index (χ2v) is 11.7. The maximum absolute atomic E-state index is 12.1. The Kier molecular flexibility index (Phi) is 7.40. The number of methoxy groups -OCH3 is 1. The average Bonchev–Trinajstić information content (AvgIpc) is 2.89. The first-order chi connectivity index (χ1) is 12.5. The van der Waals surface area contributed by atoms with Crippen LogP contribution >= 0.6 is 14.0 Å². The van der Waals surface area contributed by atoms with E-state index in [0.717, 1.165) is 10.6 Å². The predicted molar refractivity (Wildman–Crippen MR) is 102 cm³/mol. The number of aromatic nitrogens is 2. The van der Waals surface area contributed by atoms with Crippen molar-refractivity contribution >= 4 is 33.3 Å². The highest BCUT2D eigenvalue weighted by atomic mass is 32.5. The van der Waals surface area contributed by atoms with Gasteiger partial charge in [-0.2, -0.15) is 0 Å². The number of nitrogens with zero attached hydrogens (tertiary/aromatic N) is 1. The SMILES string of the molecule is BP(C)(=O)OC[C@H]1O[C@@H](n2ccc(=O)[nH]c2=O)C(OC)[C@H]1OP(O)(=S)OC. The maximum Gasteiger partial charge on any atom is 0.330 e. The van der Waals surface area contributed by atoms with Crippen LogP contribution in [-0.2, 0) is 39.4 Å². The molecular weight excluding hydrogens is 421 g/mol. The summed E-state index contributed by atoms with van der Waals surface area (Å²) < 4.78 is 39.8. The number of hydrogen-bond acceptors (Lipinski definition) is 9. The van der Waals surface area contributed by atoms with Gasteiger partial charge in [-0.15, -0.1) is 0 Å². The summed E-state index contributed by atoms with van der Waals surface area (Å²) in [6.45, 7) is -2.34. The summed E-state index contributed by atoms with van der Waals surface area (Å²) in [5, 5.41) is 0. The number of hydrogen-bond donors (Lipinski definition) is 2. The topological polar surface area (TPSA) is 138 Å². The van der Waals surface area contributed by atoms with Gasteiger partial charge in [0.15, 0.2) is 6.23 Å². The monoisotopic (exact) mass is 442 g/mol. The summed E-state index contributed by atoms with van der Waals surface area (Å²) in [7, 11) is 1.14. The van der Waals surface area contributed by atoms with Gasteiger partial charge in [0.05, 0.1) is 6.61 Å². The van der Waals surface area contributed by atoms with Crippen LogP contribution in [0, 0.1) is 0 Å². The molecule has 1 aliphatic rings. The summed E-state index contributed by atoms with van der Waals surface area (Å²) >= 11 is 4.89. The van der Waals surface area contributed by atoms with E-state index in [1.165, 1.54) is 34.6 Å². The van der Waals surface area contributed by atoms with Crippen molar-refractivity contribution in [1.29, 1.82) is 0 Å². The molecule has 0 saturated carbocycles. The molecule has 1 saturated heterocycles. The molecule has 0 radical (unpaired) electrons. The Balaban J connectivity index is 2.39. The van der Waals surface area contributed by atoms with E-state index in [2.05, 4.69) is 4.98 Å². The molecule has 152 valence electrons. The highest BCUT2D eigenvalue weighted by Gasteiger charge is 2.49. The lowest BCUT2D eigenvalue weighted by molar-refractivity contribution is -0.0599. The molecular formula is C12H21BN2O9P2S. The summed E-state index contributed by atoms with van der Waals surface area (Å²) in [6, 6.07) is 1.15. The standard InChI is InChI=1S/C12H21BN2O9P2S/c1-20-10-9(24-26(19,27)21-2)7(6-22-25(3,13)18)23-11(10)15-5-4-8(16)14-12(15)17/h4-5,7,9-11H,6,13H2,1-3H3,(H,19,27)(H,14,16,17)/t7-,9+,10?,11-,25?,26?/m1/s1. The molecule has 2 rings (SSSR count). The van der Waals surface area contributed by atoms with E-state index in [9.17, 15) is 19.0 Å². The minimum Gasteiger partial charge on any atom is -0.374 e. The number of rotatable bonds is 8. The Labute approximate surface area is 161 Å². The van der Waals surface area contributed by atoms with Gasteiger partial charge in [-0.25, -0.2) is 4.79 Å². The van der Waals surface area contributed by atoms with E-state index in [0.29, 0.717) is 0 Å². The largest absolute Gasteiger partial charge is 0.374 e. The number of nitrogens with one attached hydrogen (secondary N) is 1. The Morgan fingerprint density at radius 3 is 2.59 bits per heavy atom. The minimum atomic E-state index is -3.61. The normalized spacial score (nSPS) is 29.9. The zero-order valence-electron chi connectivity index (χ0n) is 15.1. The van der Waals surface area contributed by atoms with Crippen LogP contribution in [-0.4, -0.2) is 67.8 Å². The van der Waals surface area contributed by atoms with Crippen molar-refractivity contribution in [2.75, 3.05) is 27.5 Å². The molecule has 0 bridgehead atoms. The maximum atomic E-state index is 12.1. The molecule has 1 aromatic heterocycles. The van der Waals surface area contributed by atoms with E-state index < -0.39 is 49.8 Å². The molecule has 27 heavy (non-hydrogen) atoms. The molecule has 0 aliphatic carbocycles. The second-order valence-electron chi connectivity index (χ2n) is 6.05. The molecule has 2 N–H and O–H groups in total. The Hall–Kier alpha value is -0.615. The zero-order chi connectivity index (χ0) is 20.4. The van der Waals surface area contributed by atoms with Gasteiger partial charge >= 0.3 is 12.4 Å². The summed E-state index contributed by atoms with van der Waals surface area (Å²) in [5.74, 6) is 0. The van der Waals surface area contributed by atoms with Crippen molar-refractivity contribution in [2.24, 2.45) is 0 Å². The van der Waals surface area contributed by atoms with Crippen molar-refractivity contribution in [2.45, 2.75) is 24.5 Å². The van der Waals surface area contributed by atoms with Crippen LogP contribution in [0.2, 0.25) is 0 Å². The molecule has 2 heterocycles. The molecule has 1 fully saturated rings. The van der Waals surface area contributed by atoms with Gasteiger partial charge < -0.3 is 28.0 Å². The van der Waals surface area contributed by atoms with Crippen LogP contribution in [0.5, 0.6) is 0 Å². The van der Waals surface area contributed by atoms with Gasteiger partial charge in [-0.3, -0.25) is 18.9 Å². The minimum absolute atomic E-state index is 0.164. The molecule has 0 aromatic carbocycles. The molecule has 6 atom stereocenters. The zero-order valence-corrected chi connectivity index (χ0v) is 17.7. The van der Waals surface area contributed by atoms with Crippen LogP contribution in [0.3, 0.4) is 0 Å². The Morgan fingerprint density at radius 2 is 2.07 bits per heavy atom. The number of H-pyrrole nitrogens is 1. The number of aromatic amines is 1. The van der Waals surface area contributed by atoms with Gasteiger partial charge in [-0.05, 0) is 11.8 Å². The molecule has 1 aromatic rings. The van der Waals surface area contributed by atoms with Gasteiger partial charge in [0.2, 0.25) is 7.57 Å². The Morgan fingerprint density at radius 1 is 1.41 bits per heavy atom. The third kappa shape index (κ3) is 5.93. The van der Waals surface area contributed by atoms with Crippen LogP contribution in [0.25, 0.3) is 0 Å². The molecule has 0 amide bonds. The fourth-order valence-electron chi connectivity index (χ4n) is 2.52. The first-order valence-corrected chi connectivity index (χ1v) is 12.8. The van der Waals surface area contributed by atoms with Crippen LogP contribution in [0.4, 0.5) is 0 Å². The lowest BCUT2D eigenvalue weighted by Crippen LogP contribution is -2.39. The van der Waals surface area contributed by atoms with Crippen molar-refractivity contribution in [3.05, 3.63) is 33.1 Å². The lowest BCUT2D eigenvalue weighted by Gasteiger charge is -2.26. The predicted octanol–water partition coefficient (Wildman–Crippen LogP) is -0.830. The molecule has 15 heteroatoms. The smallest absolute Gasteiger partial charge is 0.330 e. The van der Waals surface area contributed by atoms with E-state index in [4.69, 9.17) is 34.9 Å². The highest BCUT2D eigenvalue weighted by molar-refractivity contribution is 8.07. The summed E-state index contributed by atoms with van der Waals surface area (Å²) in [4.78, 5) is 35.6. The van der Waals surface area contributed by atoms with Crippen molar-refractivity contribution in [3.63, 3.8) is 0 Å². The number of ether oxygens (including phenoxy) is 2. The molecule has 3 unspecified atom stereocenters. The Bertz CT molecular complexity index is 871. The van der Waals surface area contributed by atoms with E-state index >= 15 is 0 Å². The second kappa shape index (κ2) is 8.81. The third-order valence-electron chi connectivity index (χ3n) is 3.72. The van der Waals surface area contributed by atoms with Crippen LogP contribution in [0.1, 0.15) is 6.23 Å². The molecule has 1 aliphatic heterocycles. The van der Waals surface area contributed by atoms with E-state index in [1.807, 2.05) is 0 Å². The van der Waals surface area contributed by atoms with Gasteiger partial charge in [0.25, 0.3) is 5.56 Å². The average molecular weight is 442 g/mol. The van der Waals surface area contributed by atoms with Crippen molar-refractivity contribution in [3.8, 4) is 0 Å². The quantitative estimate of drug-likeness (QED) is 0.388. The molecule has 11 nitrogen and oxygen atoms in total. The summed E-state index contributed by atoms with van der Waals surface area (Å²) in [6.07, 6.45) is -2.54. The first kappa shape index (κ1) is 22.7. The fourth-order valence-corrected chi connectivity index (χ4v) is 3.98.